The van der Waals surface area contributed by atoms with E-state index in [4.69, 9.17) is 9.47 Å². The minimum Gasteiger partial charge on any atom is -0.495 e. The summed E-state index contributed by atoms with van der Waals surface area (Å²) in [5.74, 6) is 0.340. The van der Waals surface area contributed by atoms with Crippen LogP contribution in [0.2, 0.25) is 0 Å². The zero-order valence-corrected chi connectivity index (χ0v) is 17.7. The van der Waals surface area contributed by atoms with Crippen LogP contribution in [0.5, 0.6) is 5.75 Å². The molecule has 156 valence electrons. The molecule has 3 aromatic carbocycles. The maximum atomic E-state index is 13.8. The number of para-hydroxylation sites is 1. The van der Waals surface area contributed by atoms with Gasteiger partial charge in [0.15, 0.2) is 0 Å². The molecule has 1 aliphatic rings. The van der Waals surface area contributed by atoms with Gasteiger partial charge in [0, 0.05) is 6.54 Å². The molecule has 0 spiro atoms. The number of methoxy groups -OCH3 is 1. The fourth-order valence-corrected chi connectivity index (χ4v) is 5.57. The van der Waals surface area contributed by atoms with Crippen molar-refractivity contribution in [3.8, 4) is 5.75 Å². The highest BCUT2D eigenvalue weighted by molar-refractivity contribution is 7.89. The molecule has 0 N–H and O–H groups in total. The van der Waals surface area contributed by atoms with Crippen molar-refractivity contribution in [3.63, 3.8) is 0 Å². The van der Waals surface area contributed by atoms with E-state index in [1.54, 1.807) is 28.6 Å². The minimum atomic E-state index is -3.83. The van der Waals surface area contributed by atoms with E-state index in [0.717, 1.165) is 16.7 Å². The average molecular weight is 424 g/mol. The number of nitrogens with zero attached hydrogens (tertiary/aromatic N) is 1. The van der Waals surface area contributed by atoms with Gasteiger partial charge in [-0.05, 0) is 35.2 Å². The van der Waals surface area contributed by atoms with Crippen LogP contribution in [0, 0.1) is 0 Å². The number of benzene rings is 3. The van der Waals surface area contributed by atoms with Crippen LogP contribution in [0.4, 0.5) is 0 Å². The Hall–Kier alpha value is -2.67. The first-order chi connectivity index (χ1) is 14.6. The van der Waals surface area contributed by atoms with Gasteiger partial charge in [-0.15, -0.1) is 0 Å². The highest BCUT2D eigenvalue weighted by atomic mass is 32.2. The van der Waals surface area contributed by atoms with Gasteiger partial charge >= 0.3 is 0 Å². The fourth-order valence-electron chi connectivity index (χ4n) is 3.82. The van der Waals surface area contributed by atoms with Gasteiger partial charge in [0.2, 0.25) is 10.0 Å². The van der Waals surface area contributed by atoms with Crippen molar-refractivity contribution in [3.05, 3.63) is 95.6 Å². The van der Waals surface area contributed by atoms with E-state index in [0.29, 0.717) is 25.4 Å². The molecular formula is C24H25NO4S. The van der Waals surface area contributed by atoms with E-state index >= 15 is 0 Å². The second-order valence-electron chi connectivity index (χ2n) is 7.33. The highest BCUT2D eigenvalue weighted by Crippen LogP contribution is 2.31. The van der Waals surface area contributed by atoms with Crippen molar-refractivity contribution >= 4 is 10.0 Å². The van der Waals surface area contributed by atoms with E-state index in [9.17, 15) is 8.42 Å². The van der Waals surface area contributed by atoms with E-state index < -0.39 is 10.0 Å². The topological polar surface area (TPSA) is 55.8 Å². The average Bonchev–Trinajstić information content (AvgIpc) is 2.76. The van der Waals surface area contributed by atoms with Crippen LogP contribution < -0.4 is 4.74 Å². The molecule has 0 radical (unpaired) electrons. The van der Waals surface area contributed by atoms with Gasteiger partial charge in [-0.25, -0.2) is 8.42 Å². The van der Waals surface area contributed by atoms with Crippen molar-refractivity contribution in [2.45, 2.75) is 30.5 Å². The molecule has 1 atom stereocenters. The number of sulfonamides is 1. The summed E-state index contributed by atoms with van der Waals surface area (Å²) in [4.78, 5) is 0.170. The summed E-state index contributed by atoms with van der Waals surface area (Å²) >= 11 is 0. The first-order valence-electron chi connectivity index (χ1n) is 9.93. The zero-order chi connectivity index (χ0) is 21.0. The largest absolute Gasteiger partial charge is 0.495 e. The van der Waals surface area contributed by atoms with Crippen LogP contribution in [-0.4, -0.2) is 32.5 Å². The molecule has 30 heavy (non-hydrogen) atoms. The van der Waals surface area contributed by atoms with Gasteiger partial charge in [-0.1, -0.05) is 66.7 Å². The van der Waals surface area contributed by atoms with Crippen LogP contribution >= 0.6 is 0 Å². The van der Waals surface area contributed by atoms with Gasteiger partial charge in [0.25, 0.3) is 0 Å². The molecule has 0 amide bonds. The van der Waals surface area contributed by atoms with Crippen molar-refractivity contribution in [1.29, 1.82) is 0 Å². The number of hydrogen-bond acceptors (Lipinski definition) is 4. The summed E-state index contributed by atoms with van der Waals surface area (Å²) in [6.45, 7) is 1.08. The molecule has 0 aliphatic carbocycles. The molecule has 0 aromatic heterocycles. The number of hydrogen-bond donors (Lipinski definition) is 0. The Labute approximate surface area is 177 Å². The maximum Gasteiger partial charge on any atom is 0.247 e. The molecular weight excluding hydrogens is 398 g/mol. The monoisotopic (exact) mass is 423 g/mol. The molecule has 0 bridgehead atoms. The third-order valence-corrected chi connectivity index (χ3v) is 7.33. The lowest BCUT2D eigenvalue weighted by atomic mass is 10.0. The molecule has 4 rings (SSSR count). The standard InChI is InChI=1S/C24H25NO4S/c1-28-23-13-7-8-14-24(23)30(26,27)25-16-20-11-5-6-12-21(20)17-29-18-22(25)15-19-9-3-2-4-10-19/h2-14,22H,15-18H2,1H3/t22-/m1/s1. The van der Waals surface area contributed by atoms with Crippen LogP contribution in [0.3, 0.4) is 0 Å². The molecule has 1 heterocycles. The Morgan fingerprint density at radius 3 is 2.37 bits per heavy atom. The lowest BCUT2D eigenvalue weighted by Crippen LogP contribution is -2.45. The molecule has 0 unspecified atom stereocenters. The van der Waals surface area contributed by atoms with E-state index in [2.05, 4.69) is 0 Å². The normalized spacial score (nSPS) is 17.6. The van der Waals surface area contributed by atoms with Crippen molar-refractivity contribution in [2.75, 3.05) is 13.7 Å². The van der Waals surface area contributed by atoms with Crippen LogP contribution in [-0.2, 0) is 34.3 Å². The summed E-state index contributed by atoms with van der Waals surface area (Å²) < 4.78 is 40.6. The van der Waals surface area contributed by atoms with Gasteiger partial charge in [-0.3, -0.25) is 0 Å². The Kier molecular flexibility index (Phi) is 6.18. The Balaban J connectivity index is 1.79. The SMILES string of the molecule is COc1ccccc1S(=O)(=O)N1Cc2ccccc2COC[C@H]1Cc1ccccc1. The quantitative estimate of drug-likeness (QED) is 0.622. The summed E-state index contributed by atoms with van der Waals surface area (Å²) in [6, 6.07) is 24.2. The minimum absolute atomic E-state index is 0.170. The maximum absolute atomic E-state index is 13.8. The van der Waals surface area contributed by atoms with Crippen molar-refractivity contribution < 1.29 is 17.9 Å². The smallest absolute Gasteiger partial charge is 0.247 e. The zero-order valence-electron chi connectivity index (χ0n) is 16.9. The summed E-state index contributed by atoms with van der Waals surface area (Å²) in [5, 5.41) is 0. The molecule has 5 nitrogen and oxygen atoms in total. The second kappa shape index (κ2) is 9.00. The van der Waals surface area contributed by atoms with Crippen LogP contribution in [0.15, 0.2) is 83.8 Å². The number of ether oxygens (including phenoxy) is 2. The van der Waals surface area contributed by atoms with E-state index in [1.165, 1.54) is 7.11 Å². The van der Waals surface area contributed by atoms with Crippen LogP contribution in [0.1, 0.15) is 16.7 Å². The van der Waals surface area contributed by atoms with Gasteiger partial charge in [0.05, 0.1) is 26.4 Å². The van der Waals surface area contributed by atoms with Crippen LogP contribution in [0.25, 0.3) is 0 Å². The van der Waals surface area contributed by atoms with Crippen molar-refractivity contribution in [2.24, 2.45) is 0 Å². The third-order valence-electron chi connectivity index (χ3n) is 5.39. The Bertz CT molecular complexity index is 1100. The lowest BCUT2D eigenvalue weighted by Gasteiger charge is -2.34. The number of rotatable bonds is 5. The van der Waals surface area contributed by atoms with Crippen molar-refractivity contribution in [1.82, 2.24) is 4.31 Å². The molecule has 0 fully saturated rings. The Morgan fingerprint density at radius 2 is 1.60 bits per heavy atom. The van der Waals surface area contributed by atoms with E-state index in [-0.39, 0.29) is 17.5 Å². The summed E-state index contributed by atoms with van der Waals surface area (Å²) in [5.41, 5.74) is 3.03. The predicted molar refractivity (Wildman–Crippen MR) is 116 cm³/mol. The molecule has 6 heteroatoms. The first kappa shape index (κ1) is 20.6. The first-order valence-corrected chi connectivity index (χ1v) is 11.4. The lowest BCUT2D eigenvalue weighted by molar-refractivity contribution is 0.0673. The highest BCUT2D eigenvalue weighted by Gasteiger charge is 2.35. The summed E-state index contributed by atoms with van der Waals surface area (Å²) in [6.07, 6.45) is 0.567. The van der Waals surface area contributed by atoms with Gasteiger partial charge in [0.1, 0.15) is 10.6 Å². The molecule has 3 aromatic rings. The Morgan fingerprint density at radius 1 is 0.933 bits per heavy atom. The predicted octanol–water partition coefficient (Wildman–Crippen LogP) is 4.03. The molecule has 0 saturated heterocycles. The van der Waals surface area contributed by atoms with E-state index in [1.807, 2.05) is 54.6 Å². The fraction of sp³-hybridized carbons (Fsp3) is 0.250. The second-order valence-corrected chi connectivity index (χ2v) is 9.19. The summed E-state index contributed by atoms with van der Waals surface area (Å²) in [7, 11) is -2.34. The molecule has 1 aliphatic heterocycles. The van der Waals surface area contributed by atoms with Gasteiger partial charge in [-0.2, -0.15) is 4.31 Å². The molecule has 0 saturated carbocycles. The third kappa shape index (κ3) is 4.26. The van der Waals surface area contributed by atoms with Gasteiger partial charge < -0.3 is 9.47 Å². The number of fused-ring (bicyclic) bond motifs is 1.